The molecule has 1 saturated heterocycles. The lowest BCUT2D eigenvalue weighted by Gasteiger charge is -2.41. The van der Waals surface area contributed by atoms with Gasteiger partial charge in [-0.15, -0.1) is 0 Å². The van der Waals surface area contributed by atoms with E-state index in [2.05, 4.69) is 32.6 Å². The zero-order chi connectivity index (χ0) is 10.1. The summed E-state index contributed by atoms with van der Waals surface area (Å²) in [4.78, 5) is 2.51. The van der Waals surface area contributed by atoms with Crippen LogP contribution < -0.4 is 5.73 Å². The monoisotopic (exact) mass is 184 g/mol. The number of likely N-dealkylation sites (tertiary alicyclic amines) is 1. The summed E-state index contributed by atoms with van der Waals surface area (Å²) < 4.78 is 0. The highest BCUT2D eigenvalue weighted by Crippen LogP contribution is 2.44. The molecular weight excluding hydrogens is 160 g/mol. The van der Waals surface area contributed by atoms with E-state index in [9.17, 15) is 0 Å². The van der Waals surface area contributed by atoms with E-state index < -0.39 is 0 Å². The molecule has 13 heavy (non-hydrogen) atoms. The van der Waals surface area contributed by atoms with Crippen molar-refractivity contribution in [2.24, 2.45) is 16.6 Å². The Balaban J connectivity index is 2.74. The summed E-state index contributed by atoms with van der Waals surface area (Å²) in [7, 11) is 0. The van der Waals surface area contributed by atoms with Crippen LogP contribution in [0.1, 0.15) is 34.1 Å². The van der Waals surface area contributed by atoms with Crippen molar-refractivity contribution in [3.05, 3.63) is 0 Å². The fourth-order valence-electron chi connectivity index (χ4n) is 2.31. The number of rotatable bonds is 2. The molecule has 0 saturated carbocycles. The highest BCUT2D eigenvalue weighted by atomic mass is 15.2. The van der Waals surface area contributed by atoms with Crippen LogP contribution in [-0.4, -0.2) is 31.1 Å². The first-order chi connectivity index (χ1) is 5.95. The Morgan fingerprint density at radius 2 is 2.00 bits per heavy atom. The second-order valence-corrected chi connectivity index (χ2v) is 5.35. The van der Waals surface area contributed by atoms with Crippen molar-refractivity contribution in [2.45, 2.75) is 34.1 Å². The van der Waals surface area contributed by atoms with Gasteiger partial charge in [-0.2, -0.15) is 0 Å². The average molecular weight is 184 g/mol. The minimum atomic E-state index is 0.339. The highest BCUT2D eigenvalue weighted by molar-refractivity contribution is 4.98. The molecule has 2 heteroatoms. The Hall–Kier alpha value is -0.0800. The SMILES string of the molecule is CCN1CCC(CN)(C(C)(C)C)C1. The third-order valence-corrected chi connectivity index (χ3v) is 3.86. The third kappa shape index (κ3) is 1.89. The molecule has 1 rings (SSSR count). The molecule has 0 aliphatic carbocycles. The number of nitrogens with zero attached hydrogens (tertiary/aromatic N) is 1. The van der Waals surface area contributed by atoms with Crippen molar-refractivity contribution in [1.82, 2.24) is 4.90 Å². The zero-order valence-electron chi connectivity index (χ0n) is 9.56. The summed E-state index contributed by atoms with van der Waals surface area (Å²) in [6.45, 7) is 13.6. The third-order valence-electron chi connectivity index (χ3n) is 3.86. The lowest BCUT2D eigenvalue weighted by Crippen LogP contribution is -2.44. The van der Waals surface area contributed by atoms with Gasteiger partial charge in [0.05, 0.1) is 0 Å². The Morgan fingerprint density at radius 1 is 1.38 bits per heavy atom. The normalized spacial score (nSPS) is 31.2. The molecule has 1 aliphatic heterocycles. The molecule has 1 fully saturated rings. The Bertz CT molecular complexity index is 171. The van der Waals surface area contributed by atoms with Gasteiger partial charge in [-0.25, -0.2) is 0 Å². The predicted molar refractivity (Wildman–Crippen MR) is 57.7 cm³/mol. The minimum absolute atomic E-state index is 0.339. The molecule has 0 amide bonds. The molecule has 1 heterocycles. The van der Waals surface area contributed by atoms with Crippen molar-refractivity contribution in [3.8, 4) is 0 Å². The van der Waals surface area contributed by atoms with Crippen LogP contribution in [0.25, 0.3) is 0 Å². The van der Waals surface area contributed by atoms with Gasteiger partial charge < -0.3 is 10.6 Å². The molecule has 0 aromatic rings. The van der Waals surface area contributed by atoms with Gasteiger partial charge in [0.25, 0.3) is 0 Å². The summed E-state index contributed by atoms with van der Waals surface area (Å²) in [5.74, 6) is 0. The van der Waals surface area contributed by atoms with Gasteiger partial charge in [-0.1, -0.05) is 27.7 Å². The fourth-order valence-corrected chi connectivity index (χ4v) is 2.31. The number of hydrogen-bond donors (Lipinski definition) is 1. The van der Waals surface area contributed by atoms with Crippen molar-refractivity contribution < 1.29 is 0 Å². The van der Waals surface area contributed by atoms with Crippen LogP contribution >= 0.6 is 0 Å². The van der Waals surface area contributed by atoms with Crippen LogP contribution in [0.3, 0.4) is 0 Å². The van der Waals surface area contributed by atoms with E-state index in [0.717, 1.165) is 13.1 Å². The van der Waals surface area contributed by atoms with Gasteiger partial charge in [0.15, 0.2) is 0 Å². The van der Waals surface area contributed by atoms with E-state index >= 15 is 0 Å². The molecule has 0 aromatic heterocycles. The number of hydrogen-bond acceptors (Lipinski definition) is 2. The summed E-state index contributed by atoms with van der Waals surface area (Å²) in [5.41, 5.74) is 6.63. The Labute approximate surface area is 82.5 Å². The first-order valence-electron chi connectivity index (χ1n) is 5.37. The van der Waals surface area contributed by atoms with E-state index in [1.165, 1.54) is 19.5 Å². The van der Waals surface area contributed by atoms with E-state index in [1.54, 1.807) is 0 Å². The van der Waals surface area contributed by atoms with Gasteiger partial charge in [0.1, 0.15) is 0 Å². The van der Waals surface area contributed by atoms with Gasteiger partial charge >= 0.3 is 0 Å². The molecule has 0 radical (unpaired) electrons. The van der Waals surface area contributed by atoms with Crippen LogP contribution in [-0.2, 0) is 0 Å². The molecule has 0 aromatic carbocycles. The first-order valence-corrected chi connectivity index (χ1v) is 5.37. The summed E-state index contributed by atoms with van der Waals surface area (Å²) in [6, 6.07) is 0. The Kier molecular flexibility index (Phi) is 3.03. The van der Waals surface area contributed by atoms with Gasteiger partial charge in [-0.3, -0.25) is 0 Å². The maximum atomic E-state index is 5.95. The molecule has 0 bridgehead atoms. The van der Waals surface area contributed by atoms with E-state index in [0.29, 0.717) is 10.8 Å². The van der Waals surface area contributed by atoms with Crippen LogP contribution in [0.4, 0.5) is 0 Å². The molecule has 2 nitrogen and oxygen atoms in total. The van der Waals surface area contributed by atoms with Crippen LogP contribution in [0.15, 0.2) is 0 Å². The molecule has 1 unspecified atom stereocenters. The second-order valence-electron chi connectivity index (χ2n) is 5.35. The van der Waals surface area contributed by atoms with Crippen molar-refractivity contribution in [3.63, 3.8) is 0 Å². The second kappa shape index (κ2) is 3.58. The molecule has 2 N–H and O–H groups in total. The van der Waals surface area contributed by atoms with E-state index in [1.807, 2.05) is 0 Å². The lowest BCUT2D eigenvalue weighted by molar-refractivity contribution is 0.103. The average Bonchev–Trinajstić information content (AvgIpc) is 2.47. The fraction of sp³-hybridized carbons (Fsp3) is 1.00. The quantitative estimate of drug-likeness (QED) is 0.708. The summed E-state index contributed by atoms with van der Waals surface area (Å²) in [5, 5.41) is 0. The lowest BCUT2D eigenvalue weighted by atomic mass is 9.66. The van der Waals surface area contributed by atoms with Gasteiger partial charge in [0, 0.05) is 12.0 Å². The van der Waals surface area contributed by atoms with Crippen LogP contribution in [0.5, 0.6) is 0 Å². The smallest absolute Gasteiger partial charge is 0.00555 e. The molecule has 78 valence electrons. The van der Waals surface area contributed by atoms with Gasteiger partial charge in [0.2, 0.25) is 0 Å². The predicted octanol–water partition coefficient (Wildman–Crippen LogP) is 1.70. The van der Waals surface area contributed by atoms with Crippen molar-refractivity contribution in [1.29, 1.82) is 0 Å². The van der Waals surface area contributed by atoms with Crippen LogP contribution in [0, 0.1) is 10.8 Å². The van der Waals surface area contributed by atoms with E-state index in [4.69, 9.17) is 5.73 Å². The zero-order valence-corrected chi connectivity index (χ0v) is 9.56. The van der Waals surface area contributed by atoms with Gasteiger partial charge in [-0.05, 0) is 31.5 Å². The first kappa shape index (κ1) is 11.0. The highest BCUT2D eigenvalue weighted by Gasteiger charge is 2.45. The van der Waals surface area contributed by atoms with Crippen LogP contribution in [0.2, 0.25) is 0 Å². The summed E-state index contributed by atoms with van der Waals surface area (Å²) in [6.07, 6.45) is 1.26. The maximum absolute atomic E-state index is 5.95. The molecule has 1 aliphatic rings. The summed E-state index contributed by atoms with van der Waals surface area (Å²) >= 11 is 0. The molecular formula is C11H24N2. The minimum Gasteiger partial charge on any atom is -0.330 e. The van der Waals surface area contributed by atoms with E-state index in [-0.39, 0.29) is 0 Å². The standard InChI is InChI=1S/C11H24N2/c1-5-13-7-6-11(8-12,9-13)10(2,3)4/h5-9,12H2,1-4H3. The van der Waals surface area contributed by atoms with Crippen molar-refractivity contribution >= 4 is 0 Å². The molecule has 0 spiro atoms. The largest absolute Gasteiger partial charge is 0.330 e. The van der Waals surface area contributed by atoms with Crippen molar-refractivity contribution in [2.75, 3.05) is 26.2 Å². The number of nitrogens with two attached hydrogens (primary N) is 1. The topological polar surface area (TPSA) is 29.3 Å². The maximum Gasteiger partial charge on any atom is 0.00555 e. The Morgan fingerprint density at radius 3 is 2.23 bits per heavy atom. The molecule has 1 atom stereocenters.